The van der Waals surface area contributed by atoms with Crippen LogP contribution in [-0.2, 0) is 4.84 Å². The summed E-state index contributed by atoms with van der Waals surface area (Å²) in [5, 5.41) is 0.703. The molecule has 1 unspecified atom stereocenters. The van der Waals surface area contributed by atoms with Crippen molar-refractivity contribution in [3.8, 4) is 11.1 Å². The van der Waals surface area contributed by atoms with E-state index in [1.54, 1.807) is 11.8 Å². The van der Waals surface area contributed by atoms with Crippen LogP contribution in [-0.4, -0.2) is 18.4 Å². The summed E-state index contributed by atoms with van der Waals surface area (Å²) in [6.07, 6.45) is -0.230. The molecule has 0 saturated carbocycles. The fraction of sp³-hybridized carbons (Fsp3) is 0.167. The molecular formula is C24H23ClN2OS. The Kier molecular flexibility index (Phi) is 6.26. The van der Waals surface area contributed by atoms with Gasteiger partial charge in [-0.25, -0.2) is 0 Å². The topological polar surface area (TPSA) is 47.3 Å². The van der Waals surface area contributed by atoms with Gasteiger partial charge in [0.2, 0.25) is 0 Å². The summed E-state index contributed by atoms with van der Waals surface area (Å²) in [6.45, 7) is 2.53. The molecule has 0 aromatic heterocycles. The van der Waals surface area contributed by atoms with E-state index in [-0.39, 0.29) is 6.10 Å². The number of hydrogen-bond donors (Lipinski definition) is 2. The van der Waals surface area contributed by atoms with Gasteiger partial charge in [0.1, 0.15) is 6.10 Å². The van der Waals surface area contributed by atoms with Gasteiger partial charge in [0.25, 0.3) is 0 Å². The smallest absolute Gasteiger partial charge is 0.125 e. The van der Waals surface area contributed by atoms with Crippen LogP contribution >= 0.6 is 23.4 Å². The fourth-order valence-electron chi connectivity index (χ4n) is 3.58. The molecular weight excluding hydrogens is 400 g/mol. The average molecular weight is 423 g/mol. The standard InChI is InChI=1S/C24H23ClN2OS/c1-2-29-18-13-19(16-9-5-3-6-10-16)23(25)20(14-18)24-22(21(15-26)28-27-24)17-11-7-4-8-12-17/h3-14,21,27H,2,15,26H2,1H3. The Morgan fingerprint density at radius 1 is 0.966 bits per heavy atom. The number of rotatable bonds is 6. The number of halogens is 1. The van der Waals surface area contributed by atoms with Crippen molar-refractivity contribution in [2.45, 2.75) is 17.9 Å². The Morgan fingerprint density at radius 3 is 2.21 bits per heavy atom. The van der Waals surface area contributed by atoms with Crippen LogP contribution in [0, 0.1) is 0 Å². The van der Waals surface area contributed by atoms with Crippen LogP contribution in [0.5, 0.6) is 0 Å². The van der Waals surface area contributed by atoms with Gasteiger partial charge >= 0.3 is 0 Å². The highest BCUT2D eigenvalue weighted by atomic mass is 35.5. The van der Waals surface area contributed by atoms with Crippen LogP contribution in [0.1, 0.15) is 18.1 Å². The number of nitrogens with one attached hydrogen (secondary N) is 1. The minimum absolute atomic E-state index is 0.230. The second-order valence-electron chi connectivity index (χ2n) is 6.73. The quantitative estimate of drug-likeness (QED) is 0.489. The summed E-state index contributed by atoms with van der Waals surface area (Å²) >= 11 is 8.76. The third-order valence-electron chi connectivity index (χ3n) is 4.90. The predicted octanol–water partition coefficient (Wildman–Crippen LogP) is 5.85. The fourth-order valence-corrected chi connectivity index (χ4v) is 4.63. The average Bonchev–Trinajstić information content (AvgIpc) is 3.20. The van der Waals surface area contributed by atoms with Crippen LogP contribution in [0.15, 0.2) is 77.7 Å². The van der Waals surface area contributed by atoms with Gasteiger partial charge < -0.3 is 5.73 Å². The van der Waals surface area contributed by atoms with Crippen molar-refractivity contribution < 1.29 is 4.84 Å². The first-order valence-electron chi connectivity index (χ1n) is 9.66. The first-order valence-corrected chi connectivity index (χ1v) is 11.0. The van der Waals surface area contributed by atoms with Crippen molar-refractivity contribution in [1.29, 1.82) is 0 Å². The van der Waals surface area contributed by atoms with Gasteiger partial charge in [-0.15, -0.1) is 11.8 Å². The molecule has 0 aliphatic carbocycles. The minimum Gasteiger partial charge on any atom is -0.328 e. The predicted molar refractivity (Wildman–Crippen MR) is 124 cm³/mol. The molecule has 0 spiro atoms. The third-order valence-corrected chi connectivity index (χ3v) is 6.17. The number of benzene rings is 3. The van der Waals surface area contributed by atoms with Gasteiger partial charge in [0, 0.05) is 28.1 Å². The number of hydrogen-bond acceptors (Lipinski definition) is 4. The van der Waals surface area contributed by atoms with Crippen LogP contribution in [0.4, 0.5) is 0 Å². The Bertz CT molecular complexity index is 1020. The Labute approximate surface area is 180 Å². The molecule has 0 bridgehead atoms. The first-order chi connectivity index (χ1) is 14.2. The minimum atomic E-state index is -0.230. The Balaban J connectivity index is 1.94. The molecule has 3 aromatic carbocycles. The van der Waals surface area contributed by atoms with E-state index in [0.717, 1.165) is 39.3 Å². The second-order valence-corrected chi connectivity index (χ2v) is 8.45. The van der Waals surface area contributed by atoms with Crippen molar-refractivity contribution in [3.63, 3.8) is 0 Å². The zero-order valence-corrected chi connectivity index (χ0v) is 17.8. The van der Waals surface area contributed by atoms with Gasteiger partial charge in [0.05, 0.1) is 10.7 Å². The highest BCUT2D eigenvalue weighted by Gasteiger charge is 2.29. The molecule has 4 rings (SSSR count). The first kappa shape index (κ1) is 20.0. The highest BCUT2D eigenvalue weighted by Crippen LogP contribution is 2.42. The van der Waals surface area contributed by atoms with E-state index in [1.807, 2.05) is 36.4 Å². The van der Waals surface area contributed by atoms with Crippen molar-refractivity contribution in [2.24, 2.45) is 5.73 Å². The summed E-state index contributed by atoms with van der Waals surface area (Å²) in [5.74, 6) is 0.981. The summed E-state index contributed by atoms with van der Waals surface area (Å²) in [4.78, 5) is 6.99. The molecule has 0 saturated heterocycles. The second kappa shape index (κ2) is 9.06. The van der Waals surface area contributed by atoms with Crippen LogP contribution in [0.25, 0.3) is 22.4 Å². The van der Waals surface area contributed by atoms with E-state index >= 15 is 0 Å². The molecule has 3 N–H and O–H groups in total. The summed E-state index contributed by atoms with van der Waals surface area (Å²) in [6, 6.07) is 24.7. The highest BCUT2D eigenvalue weighted by molar-refractivity contribution is 7.99. The van der Waals surface area contributed by atoms with Crippen molar-refractivity contribution in [2.75, 3.05) is 12.3 Å². The summed E-state index contributed by atoms with van der Waals surface area (Å²) < 4.78 is 0. The molecule has 0 radical (unpaired) electrons. The lowest BCUT2D eigenvalue weighted by Crippen LogP contribution is -2.23. The maximum atomic E-state index is 6.97. The lowest BCUT2D eigenvalue weighted by atomic mass is 9.94. The third kappa shape index (κ3) is 4.07. The molecule has 148 valence electrons. The number of hydroxylamine groups is 1. The molecule has 29 heavy (non-hydrogen) atoms. The van der Waals surface area contributed by atoms with Gasteiger partial charge in [-0.2, -0.15) is 0 Å². The van der Waals surface area contributed by atoms with E-state index < -0.39 is 0 Å². The molecule has 5 heteroatoms. The van der Waals surface area contributed by atoms with E-state index in [0.29, 0.717) is 11.6 Å². The normalized spacial score (nSPS) is 16.2. The molecule has 1 atom stereocenters. The summed E-state index contributed by atoms with van der Waals surface area (Å²) in [5.41, 5.74) is 15.1. The monoisotopic (exact) mass is 422 g/mol. The van der Waals surface area contributed by atoms with Crippen molar-refractivity contribution in [3.05, 3.63) is 88.9 Å². The summed E-state index contributed by atoms with van der Waals surface area (Å²) in [7, 11) is 0. The molecule has 0 fully saturated rings. The number of thioether (sulfide) groups is 1. The van der Waals surface area contributed by atoms with E-state index in [4.69, 9.17) is 22.2 Å². The van der Waals surface area contributed by atoms with Gasteiger partial charge in [-0.1, -0.05) is 79.2 Å². The van der Waals surface area contributed by atoms with Gasteiger partial charge in [-0.3, -0.25) is 10.3 Å². The number of nitrogens with two attached hydrogens (primary N) is 1. The zero-order valence-electron chi connectivity index (χ0n) is 16.2. The van der Waals surface area contributed by atoms with Crippen molar-refractivity contribution in [1.82, 2.24) is 5.48 Å². The maximum Gasteiger partial charge on any atom is 0.125 e. The van der Waals surface area contributed by atoms with E-state index in [2.05, 4.69) is 48.8 Å². The van der Waals surface area contributed by atoms with Crippen molar-refractivity contribution >= 4 is 34.6 Å². The van der Waals surface area contributed by atoms with Crippen LogP contribution in [0.2, 0.25) is 5.02 Å². The SMILES string of the molecule is CCSc1cc(C2=C(c3ccccc3)C(CN)ON2)c(Cl)c(-c2ccccc2)c1. The zero-order chi connectivity index (χ0) is 20.2. The molecule has 3 nitrogen and oxygen atoms in total. The Morgan fingerprint density at radius 2 is 1.59 bits per heavy atom. The Hall–Kier alpha value is -2.24. The molecule has 0 amide bonds. The van der Waals surface area contributed by atoms with E-state index in [1.165, 1.54) is 4.90 Å². The lowest BCUT2D eigenvalue weighted by Gasteiger charge is -2.15. The van der Waals surface area contributed by atoms with Crippen LogP contribution < -0.4 is 11.2 Å². The van der Waals surface area contributed by atoms with Gasteiger partial charge in [-0.05, 0) is 29.0 Å². The molecule has 1 heterocycles. The van der Waals surface area contributed by atoms with E-state index in [9.17, 15) is 0 Å². The van der Waals surface area contributed by atoms with Crippen LogP contribution in [0.3, 0.4) is 0 Å². The molecule has 3 aromatic rings. The van der Waals surface area contributed by atoms with Gasteiger partial charge in [0.15, 0.2) is 0 Å². The molecule has 1 aliphatic heterocycles. The molecule has 1 aliphatic rings. The lowest BCUT2D eigenvalue weighted by molar-refractivity contribution is 0.0604. The largest absolute Gasteiger partial charge is 0.328 e. The maximum absolute atomic E-state index is 6.97.